The Kier molecular flexibility index (Phi) is 3.10. The Hall–Kier alpha value is -2.08. The molecule has 0 spiro atoms. The molecule has 0 aliphatic carbocycles. The quantitative estimate of drug-likeness (QED) is 0.756. The number of aromatic nitrogens is 3. The smallest absolute Gasteiger partial charge is 0.257 e. The first-order valence-electron chi connectivity index (χ1n) is 6.78. The Bertz CT molecular complexity index is 700. The molecule has 3 heterocycles. The van der Waals surface area contributed by atoms with Gasteiger partial charge >= 0.3 is 0 Å². The van der Waals surface area contributed by atoms with Crippen LogP contribution in [0.1, 0.15) is 28.2 Å². The summed E-state index contributed by atoms with van der Waals surface area (Å²) in [4.78, 5) is 24.3. The van der Waals surface area contributed by atoms with Gasteiger partial charge in [0.2, 0.25) is 5.95 Å². The molecule has 0 radical (unpaired) electrons. The molecule has 2 aromatic heterocycles. The number of nitrogen functional groups attached to an aromatic ring is 1. The lowest BCUT2D eigenvalue weighted by Gasteiger charge is -2.27. The molecule has 0 saturated heterocycles. The molecule has 6 nitrogen and oxygen atoms in total. The Morgan fingerprint density at radius 3 is 2.90 bits per heavy atom. The molecule has 0 atom stereocenters. The van der Waals surface area contributed by atoms with Crippen LogP contribution in [0.15, 0.2) is 10.9 Å². The van der Waals surface area contributed by atoms with Crippen molar-refractivity contribution in [1.82, 2.24) is 19.9 Å². The molecular weight excluding hydrogens is 254 g/mol. The lowest BCUT2D eigenvalue weighted by molar-refractivity contribution is 0.241. The minimum Gasteiger partial charge on any atom is -0.369 e. The van der Waals surface area contributed by atoms with Crippen molar-refractivity contribution in [2.24, 2.45) is 0 Å². The SMILES string of the molecule is Cc1cc(CN2CCc3nc(N)[nH]c(=O)c3C2)c(C)[nH]1. The maximum absolute atomic E-state index is 11.9. The van der Waals surface area contributed by atoms with Crippen molar-refractivity contribution in [3.8, 4) is 0 Å². The summed E-state index contributed by atoms with van der Waals surface area (Å²) in [5.74, 6) is 0.208. The fourth-order valence-corrected chi connectivity index (χ4v) is 2.82. The van der Waals surface area contributed by atoms with Crippen molar-refractivity contribution in [2.75, 3.05) is 12.3 Å². The van der Waals surface area contributed by atoms with Crippen LogP contribution in [-0.2, 0) is 19.5 Å². The lowest BCUT2D eigenvalue weighted by Crippen LogP contribution is -2.35. The summed E-state index contributed by atoms with van der Waals surface area (Å²) in [5, 5.41) is 0. The third-order valence-corrected chi connectivity index (χ3v) is 3.82. The summed E-state index contributed by atoms with van der Waals surface area (Å²) in [6, 6.07) is 2.16. The minimum atomic E-state index is -0.112. The molecule has 0 fully saturated rings. The number of anilines is 1. The van der Waals surface area contributed by atoms with E-state index in [0.29, 0.717) is 6.54 Å². The summed E-state index contributed by atoms with van der Waals surface area (Å²) in [7, 11) is 0. The fourth-order valence-electron chi connectivity index (χ4n) is 2.82. The number of nitrogens with two attached hydrogens (primary N) is 1. The van der Waals surface area contributed by atoms with Gasteiger partial charge in [0, 0.05) is 37.4 Å². The second kappa shape index (κ2) is 4.79. The topological polar surface area (TPSA) is 90.8 Å². The zero-order valence-electron chi connectivity index (χ0n) is 11.8. The van der Waals surface area contributed by atoms with Crippen LogP contribution in [0.5, 0.6) is 0 Å². The number of nitrogens with one attached hydrogen (secondary N) is 2. The first-order chi connectivity index (χ1) is 9.52. The van der Waals surface area contributed by atoms with Crippen LogP contribution < -0.4 is 11.3 Å². The van der Waals surface area contributed by atoms with Gasteiger partial charge in [0.05, 0.1) is 11.3 Å². The van der Waals surface area contributed by atoms with Crippen molar-refractivity contribution < 1.29 is 0 Å². The van der Waals surface area contributed by atoms with E-state index in [1.165, 1.54) is 17.0 Å². The van der Waals surface area contributed by atoms with E-state index in [4.69, 9.17) is 5.73 Å². The van der Waals surface area contributed by atoms with Gasteiger partial charge in [0.15, 0.2) is 0 Å². The van der Waals surface area contributed by atoms with Gasteiger partial charge in [-0.15, -0.1) is 0 Å². The number of nitrogens with zero attached hydrogens (tertiary/aromatic N) is 2. The van der Waals surface area contributed by atoms with Crippen LogP contribution in [0.2, 0.25) is 0 Å². The molecule has 2 aromatic rings. The molecule has 0 aromatic carbocycles. The Labute approximate surface area is 117 Å². The highest BCUT2D eigenvalue weighted by Gasteiger charge is 2.21. The Balaban J connectivity index is 1.82. The van der Waals surface area contributed by atoms with Crippen molar-refractivity contribution in [3.63, 3.8) is 0 Å². The van der Waals surface area contributed by atoms with E-state index in [-0.39, 0.29) is 11.5 Å². The standard InChI is InChI=1S/C14H19N5O/c1-8-5-10(9(2)16-8)6-19-4-3-12-11(7-19)13(20)18-14(15)17-12/h5,16H,3-4,6-7H2,1-2H3,(H3,15,17,18,20). The summed E-state index contributed by atoms with van der Waals surface area (Å²) >= 11 is 0. The molecule has 106 valence electrons. The van der Waals surface area contributed by atoms with Crippen LogP contribution in [-0.4, -0.2) is 26.4 Å². The molecule has 1 aliphatic rings. The van der Waals surface area contributed by atoms with E-state index in [0.717, 1.165) is 30.8 Å². The molecule has 0 unspecified atom stereocenters. The normalized spacial score (nSPS) is 15.3. The average molecular weight is 273 g/mol. The van der Waals surface area contributed by atoms with Crippen molar-refractivity contribution in [3.05, 3.63) is 44.6 Å². The maximum atomic E-state index is 11.9. The van der Waals surface area contributed by atoms with Crippen LogP contribution >= 0.6 is 0 Å². The third kappa shape index (κ3) is 2.34. The van der Waals surface area contributed by atoms with E-state index in [1.54, 1.807) is 0 Å². The van der Waals surface area contributed by atoms with Gasteiger partial charge in [0.1, 0.15) is 0 Å². The van der Waals surface area contributed by atoms with Gasteiger partial charge in [-0.25, -0.2) is 4.98 Å². The van der Waals surface area contributed by atoms with Gasteiger partial charge in [-0.1, -0.05) is 0 Å². The van der Waals surface area contributed by atoms with E-state index >= 15 is 0 Å². The molecule has 20 heavy (non-hydrogen) atoms. The monoisotopic (exact) mass is 273 g/mol. The Morgan fingerprint density at radius 1 is 1.40 bits per heavy atom. The molecule has 4 N–H and O–H groups in total. The zero-order chi connectivity index (χ0) is 14.3. The fraction of sp³-hybridized carbons (Fsp3) is 0.429. The van der Waals surface area contributed by atoms with E-state index in [1.807, 2.05) is 0 Å². The first kappa shape index (κ1) is 12.9. The molecule has 1 aliphatic heterocycles. The predicted molar refractivity (Wildman–Crippen MR) is 77.4 cm³/mol. The van der Waals surface area contributed by atoms with E-state index in [9.17, 15) is 4.79 Å². The second-order valence-electron chi connectivity index (χ2n) is 5.44. The molecule has 0 bridgehead atoms. The van der Waals surface area contributed by atoms with Crippen LogP contribution in [0.25, 0.3) is 0 Å². The minimum absolute atomic E-state index is 0.112. The van der Waals surface area contributed by atoms with Crippen molar-refractivity contribution in [2.45, 2.75) is 33.4 Å². The maximum Gasteiger partial charge on any atom is 0.257 e. The predicted octanol–water partition coefficient (Wildman–Crippen LogP) is 0.855. The number of fused-ring (bicyclic) bond motifs is 1. The van der Waals surface area contributed by atoms with Gasteiger partial charge < -0.3 is 10.7 Å². The highest BCUT2D eigenvalue weighted by Crippen LogP contribution is 2.18. The van der Waals surface area contributed by atoms with Crippen molar-refractivity contribution >= 4 is 5.95 Å². The third-order valence-electron chi connectivity index (χ3n) is 3.82. The first-order valence-corrected chi connectivity index (χ1v) is 6.78. The van der Waals surface area contributed by atoms with Crippen LogP contribution in [0.3, 0.4) is 0 Å². The van der Waals surface area contributed by atoms with Gasteiger partial charge in [-0.3, -0.25) is 14.7 Å². The number of H-pyrrole nitrogens is 2. The number of aromatic amines is 2. The van der Waals surface area contributed by atoms with E-state index < -0.39 is 0 Å². The molecule has 0 amide bonds. The zero-order valence-corrected chi connectivity index (χ0v) is 11.8. The van der Waals surface area contributed by atoms with E-state index in [2.05, 4.69) is 39.8 Å². The molecule has 6 heteroatoms. The summed E-state index contributed by atoms with van der Waals surface area (Å²) in [6.45, 7) is 6.50. The highest BCUT2D eigenvalue weighted by atomic mass is 16.1. The number of hydrogen-bond donors (Lipinski definition) is 3. The lowest BCUT2D eigenvalue weighted by atomic mass is 10.1. The Morgan fingerprint density at radius 2 is 2.20 bits per heavy atom. The molecule has 0 saturated carbocycles. The average Bonchev–Trinajstić information content (AvgIpc) is 2.68. The number of rotatable bonds is 2. The molecule has 3 rings (SSSR count). The highest BCUT2D eigenvalue weighted by molar-refractivity contribution is 5.28. The van der Waals surface area contributed by atoms with Gasteiger partial charge in [-0.05, 0) is 25.5 Å². The van der Waals surface area contributed by atoms with Crippen molar-refractivity contribution in [1.29, 1.82) is 0 Å². The largest absolute Gasteiger partial charge is 0.369 e. The number of hydrogen-bond acceptors (Lipinski definition) is 4. The summed E-state index contributed by atoms with van der Waals surface area (Å²) in [5.41, 5.74) is 10.7. The number of aryl methyl sites for hydroxylation is 2. The second-order valence-corrected chi connectivity index (χ2v) is 5.44. The van der Waals surface area contributed by atoms with Crippen LogP contribution in [0, 0.1) is 13.8 Å². The summed E-state index contributed by atoms with van der Waals surface area (Å²) in [6.07, 6.45) is 0.770. The van der Waals surface area contributed by atoms with Gasteiger partial charge in [0.25, 0.3) is 5.56 Å². The molecular formula is C14H19N5O. The van der Waals surface area contributed by atoms with Crippen LogP contribution in [0.4, 0.5) is 5.95 Å². The summed E-state index contributed by atoms with van der Waals surface area (Å²) < 4.78 is 0. The van der Waals surface area contributed by atoms with Gasteiger partial charge in [-0.2, -0.15) is 0 Å².